The maximum Gasteiger partial charge on any atom is 0.107 e. The van der Waals surface area contributed by atoms with Crippen LogP contribution >= 0.6 is 0 Å². The maximum absolute atomic E-state index is 4.28. The fourth-order valence-electron chi connectivity index (χ4n) is 14.8. The Hall–Kier alpha value is -0.532. The highest BCUT2D eigenvalue weighted by molar-refractivity contribution is 7.60. The molecule has 2 aliphatic rings. The first-order valence-corrected chi connectivity index (χ1v) is 30.8. The van der Waals surface area contributed by atoms with Crippen LogP contribution in [0.4, 0.5) is 0 Å². The van der Waals surface area contributed by atoms with Gasteiger partial charge in [0.15, 0.2) is 0 Å². The van der Waals surface area contributed by atoms with Crippen LogP contribution in [0.1, 0.15) is 208 Å². The van der Waals surface area contributed by atoms with E-state index in [9.17, 15) is 0 Å². The highest BCUT2D eigenvalue weighted by atomic mass is 29.3. The third kappa shape index (κ3) is 6.15. The van der Waals surface area contributed by atoms with E-state index in [1.54, 1.807) is 10.4 Å². The van der Waals surface area contributed by atoms with Gasteiger partial charge in [0.05, 0.1) is 15.2 Å². The van der Waals surface area contributed by atoms with Gasteiger partial charge in [-0.2, -0.15) is 0 Å². The van der Waals surface area contributed by atoms with Gasteiger partial charge in [-0.05, 0) is 92.2 Å². The topological polar surface area (TPSA) is 0 Å². The molecule has 0 atom stereocenters. The van der Waals surface area contributed by atoms with Gasteiger partial charge in [-0.15, -0.1) is 0 Å². The van der Waals surface area contributed by atoms with E-state index in [1.807, 2.05) is 10.4 Å². The molecule has 0 nitrogen and oxygen atoms in total. The monoisotopic (exact) mass is 779 g/mol. The molecule has 4 heteroatoms. The Bertz CT molecular complexity index is 1420. The molecular formula is C48H90Si4. The van der Waals surface area contributed by atoms with Crippen molar-refractivity contribution in [2.24, 2.45) is 10.8 Å². The summed E-state index contributed by atoms with van der Waals surface area (Å²) in [5, 5.41) is 7.91. The van der Waals surface area contributed by atoms with Crippen LogP contribution in [0.15, 0.2) is 20.8 Å². The minimum atomic E-state index is -2.51. The van der Waals surface area contributed by atoms with E-state index >= 15 is 0 Å². The normalized spacial score (nSPS) is 21.4. The number of hydrogen-bond donors (Lipinski definition) is 0. The summed E-state index contributed by atoms with van der Waals surface area (Å²) in [4.78, 5) is 0. The summed E-state index contributed by atoms with van der Waals surface area (Å²) >= 11 is 0. The Morgan fingerprint density at radius 1 is 0.250 bits per heavy atom. The molecule has 0 N–H and O–H groups in total. The molecule has 0 fully saturated rings. The molecule has 298 valence electrons. The molecule has 0 aromatic carbocycles. The van der Waals surface area contributed by atoms with Crippen molar-refractivity contribution < 1.29 is 0 Å². The Kier molecular flexibility index (Phi) is 11.4. The lowest BCUT2D eigenvalue weighted by Gasteiger charge is -2.82. The fourth-order valence-corrected chi connectivity index (χ4v) is 80.4. The standard InChI is InChI=1S/C48H90Si4/c1-39(2,3)33-31-35-37(51(45(19,20)21,46(22,23)24)49(35,41(7,8)9)42(10,11)12)38-36(32-34-40(4,5)6)50(43(13,14)15,44(16,17)18)52(38,47(25,26)27)48(28,29)30/h1-30H3. The SMILES string of the molecule is CC(C)(C)C#CC1=C(C2=C(C#CC(C)(C)C)[Si](C(C)(C)C)(C(C)(C)C)[Si]2(C(C)(C)C)C(C)(C)C)[Si](C(C)(C)C)(C(C)(C)C)[Si]1(C(C)(C)C)C(C)(C)C. The first-order chi connectivity index (χ1) is 22.2. The van der Waals surface area contributed by atoms with E-state index in [2.05, 4.69) is 231 Å². The van der Waals surface area contributed by atoms with E-state index < -0.39 is 30.4 Å². The van der Waals surface area contributed by atoms with Crippen LogP contribution in [0.2, 0.25) is 40.3 Å². The molecule has 0 aliphatic carbocycles. The second kappa shape index (κ2) is 12.5. The molecule has 0 aromatic rings. The lowest BCUT2D eigenvalue weighted by Crippen LogP contribution is -2.92. The minimum Gasteiger partial charge on any atom is -0.0927 e. The summed E-state index contributed by atoms with van der Waals surface area (Å²) in [5.74, 6) is 16.5. The average Bonchev–Trinajstić information content (AvgIpc) is 2.70. The molecule has 0 radical (unpaired) electrons. The predicted octanol–water partition coefficient (Wildman–Crippen LogP) is 16.2. The first-order valence-electron chi connectivity index (χ1n) is 20.8. The maximum atomic E-state index is 4.28. The van der Waals surface area contributed by atoms with Gasteiger partial charge < -0.3 is 0 Å². The second-order valence-electron chi connectivity index (χ2n) is 27.5. The summed E-state index contributed by atoms with van der Waals surface area (Å²) in [7, 11) is -9.91. The zero-order chi connectivity index (χ0) is 42.1. The minimum absolute atomic E-state index is 0.0853. The van der Waals surface area contributed by atoms with Crippen molar-refractivity contribution in [3.63, 3.8) is 0 Å². The van der Waals surface area contributed by atoms with Crippen LogP contribution in [-0.4, -0.2) is 30.4 Å². The lowest BCUT2D eigenvalue weighted by molar-refractivity contribution is 0.567. The van der Waals surface area contributed by atoms with Crippen LogP contribution in [-0.2, 0) is 0 Å². The van der Waals surface area contributed by atoms with E-state index in [0.717, 1.165) is 0 Å². The van der Waals surface area contributed by atoms with Crippen LogP contribution in [0.5, 0.6) is 0 Å². The number of allylic oxidation sites excluding steroid dienone is 4. The molecule has 0 unspecified atom stereocenters. The van der Waals surface area contributed by atoms with Crippen molar-refractivity contribution in [3.8, 4) is 23.7 Å². The molecule has 2 heterocycles. The molecule has 0 bridgehead atoms. The van der Waals surface area contributed by atoms with Crippen molar-refractivity contribution in [1.29, 1.82) is 0 Å². The summed E-state index contributed by atoms with van der Waals surface area (Å²) in [6, 6.07) is 0. The van der Waals surface area contributed by atoms with E-state index in [1.165, 1.54) is 0 Å². The van der Waals surface area contributed by atoms with Gasteiger partial charge in [0.1, 0.15) is 15.2 Å². The largest absolute Gasteiger partial charge is 0.107 e. The third-order valence-corrected chi connectivity index (χ3v) is 67.0. The summed E-state index contributed by atoms with van der Waals surface area (Å²) in [5.41, 5.74) is -0.171. The molecule has 0 amide bonds. The average molecular weight is 780 g/mol. The molecular weight excluding hydrogens is 689 g/mol. The van der Waals surface area contributed by atoms with Crippen LogP contribution in [0.25, 0.3) is 0 Å². The van der Waals surface area contributed by atoms with Crippen molar-refractivity contribution in [3.05, 3.63) is 20.8 Å². The van der Waals surface area contributed by atoms with Crippen LogP contribution in [0.3, 0.4) is 0 Å². The Labute approximate surface area is 332 Å². The van der Waals surface area contributed by atoms with E-state index in [4.69, 9.17) is 0 Å². The highest BCUT2D eigenvalue weighted by Crippen LogP contribution is 2.84. The van der Waals surface area contributed by atoms with Crippen LogP contribution < -0.4 is 0 Å². The molecule has 0 aromatic heterocycles. The number of hydrogen-bond acceptors (Lipinski definition) is 0. The smallest absolute Gasteiger partial charge is 0.0927 e. The zero-order valence-corrected chi connectivity index (χ0v) is 45.0. The first kappa shape index (κ1) is 47.6. The molecule has 2 aliphatic heterocycles. The van der Waals surface area contributed by atoms with Gasteiger partial charge in [0, 0.05) is 10.8 Å². The molecule has 0 saturated heterocycles. The second-order valence-corrected chi connectivity index (χ2v) is 56.5. The molecule has 52 heavy (non-hydrogen) atoms. The van der Waals surface area contributed by atoms with Crippen LogP contribution in [0, 0.1) is 34.5 Å². The van der Waals surface area contributed by atoms with Crippen molar-refractivity contribution in [2.45, 2.75) is 248 Å². The van der Waals surface area contributed by atoms with Crippen molar-refractivity contribution in [1.82, 2.24) is 0 Å². The molecule has 0 saturated carbocycles. The zero-order valence-electron chi connectivity index (χ0n) is 41.0. The Balaban J connectivity index is 4.07. The lowest BCUT2D eigenvalue weighted by atomic mass is 9.98. The van der Waals surface area contributed by atoms with E-state index in [0.29, 0.717) is 0 Å². The summed E-state index contributed by atoms with van der Waals surface area (Å²) in [6.45, 7) is 77.6. The van der Waals surface area contributed by atoms with E-state index in [-0.39, 0.29) is 51.1 Å². The fraction of sp³-hybridized carbons (Fsp3) is 0.833. The summed E-state index contributed by atoms with van der Waals surface area (Å²) < 4.78 is 0. The van der Waals surface area contributed by atoms with Crippen molar-refractivity contribution in [2.75, 3.05) is 0 Å². The Morgan fingerprint density at radius 3 is 0.519 bits per heavy atom. The quantitative estimate of drug-likeness (QED) is 0.184. The van der Waals surface area contributed by atoms with Gasteiger partial charge in [0.25, 0.3) is 0 Å². The highest BCUT2D eigenvalue weighted by Gasteiger charge is 2.88. The Morgan fingerprint density at radius 2 is 0.404 bits per heavy atom. The predicted molar refractivity (Wildman–Crippen MR) is 249 cm³/mol. The van der Waals surface area contributed by atoms with Crippen molar-refractivity contribution >= 4 is 30.4 Å². The summed E-state index contributed by atoms with van der Waals surface area (Å²) in [6.07, 6.45) is 0. The molecule has 2 rings (SSSR count). The van der Waals surface area contributed by atoms with Gasteiger partial charge in [-0.3, -0.25) is 0 Å². The number of rotatable bonds is 1. The van der Waals surface area contributed by atoms with Gasteiger partial charge in [0.2, 0.25) is 0 Å². The van der Waals surface area contributed by atoms with Gasteiger partial charge >= 0.3 is 0 Å². The third-order valence-electron chi connectivity index (χ3n) is 13.5. The molecule has 0 spiro atoms. The van der Waals surface area contributed by atoms with Gasteiger partial charge in [-0.25, -0.2) is 0 Å². The van der Waals surface area contributed by atoms with Gasteiger partial charge in [-0.1, -0.05) is 200 Å².